The second-order valence-corrected chi connectivity index (χ2v) is 12.7. The van der Waals surface area contributed by atoms with Crippen LogP contribution < -0.4 is 19.5 Å². The smallest absolute Gasteiger partial charge is 0.262 e. The van der Waals surface area contributed by atoms with Crippen LogP contribution in [0.25, 0.3) is 0 Å². The van der Waals surface area contributed by atoms with E-state index in [0.29, 0.717) is 17.1 Å². The van der Waals surface area contributed by atoms with Crippen molar-refractivity contribution >= 4 is 54.6 Å². The van der Waals surface area contributed by atoms with Gasteiger partial charge in [0.2, 0.25) is 0 Å². The van der Waals surface area contributed by atoms with Crippen molar-refractivity contribution in [1.29, 1.82) is 0 Å². The summed E-state index contributed by atoms with van der Waals surface area (Å²) in [4.78, 5) is 13.0. The number of aryl methyl sites for hydroxylation is 2. The van der Waals surface area contributed by atoms with E-state index in [1.807, 2.05) is 13.8 Å². The maximum absolute atomic E-state index is 13.0. The van der Waals surface area contributed by atoms with Crippen LogP contribution in [0.2, 0.25) is 5.02 Å². The summed E-state index contributed by atoms with van der Waals surface area (Å²) in [5, 5.41) is 2.75. The lowest BCUT2D eigenvalue weighted by molar-refractivity contribution is 0.102. The Kier molecular flexibility index (Phi) is 8.38. The van der Waals surface area contributed by atoms with Gasteiger partial charge in [-0.1, -0.05) is 35.4 Å². The summed E-state index contributed by atoms with van der Waals surface area (Å²) in [6.45, 7) is 3.68. The number of anilines is 3. The normalized spacial score (nSPS) is 11.5. The molecule has 4 aromatic rings. The first-order valence-electron chi connectivity index (χ1n) is 11.9. The molecular formula is C28H26ClN3O6S2. The lowest BCUT2D eigenvalue weighted by Gasteiger charge is -2.13. The van der Waals surface area contributed by atoms with Crippen molar-refractivity contribution in [3.8, 4) is 5.75 Å². The Morgan fingerprint density at radius 1 is 0.700 bits per heavy atom. The average Bonchev–Trinajstić information content (AvgIpc) is 2.90. The van der Waals surface area contributed by atoms with Gasteiger partial charge in [0, 0.05) is 11.4 Å². The summed E-state index contributed by atoms with van der Waals surface area (Å²) in [6, 6.07) is 21.2. The number of benzene rings is 4. The fraction of sp³-hybridized carbons (Fsp3) is 0.107. The van der Waals surface area contributed by atoms with Crippen LogP contribution in [0.3, 0.4) is 0 Å². The molecule has 1 amide bonds. The summed E-state index contributed by atoms with van der Waals surface area (Å²) in [6.07, 6.45) is 0. The number of ether oxygens (including phenoxy) is 1. The molecule has 4 rings (SSSR count). The van der Waals surface area contributed by atoms with E-state index in [1.54, 1.807) is 30.3 Å². The first kappa shape index (κ1) is 28.9. The third-order valence-electron chi connectivity index (χ3n) is 5.82. The van der Waals surface area contributed by atoms with Crippen molar-refractivity contribution in [3.63, 3.8) is 0 Å². The molecule has 3 N–H and O–H groups in total. The zero-order valence-corrected chi connectivity index (χ0v) is 24.1. The van der Waals surface area contributed by atoms with Crippen LogP contribution in [0.1, 0.15) is 21.5 Å². The van der Waals surface area contributed by atoms with Crippen LogP contribution in [0.15, 0.2) is 94.7 Å². The van der Waals surface area contributed by atoms with Crippen molar-refractivity contribution in [1.82, 2.24) is 0 Å². The Balaban J connectivity index is 1.49. The number of hydrogen-bond acceptors (Lipinski definition) is 6. The predicted octanol–water partition coefficient (Wildman–Crippen LogP) is 5.82. The second kappa shape index (κ2) is 11.6. The Bertz CT molecular complexity index is 1770. The lowest BCUT2D eigenvalue weighted by atomic mass is 10.2. The van der Waals surface area contributed by atoms with Crippen LogP contribution in [0.4, 0.5) is 17.1 Å². The lowest BCUT2D eigenvalue weighted by Crippen LogP contribution is -2.16. The molecule has 0 saturated carbocycles. The number of carbonyl (C=O) groups is 1. The van der Waals surface area contributed by atoms with Crippen molar-refractivity contribution in [2.24, 2.45) is 0 Å². The summed E-state index contributed by atoms with van der Waals surface area (Å²) in [5.41, 5.74) is 2.54. The molecule has 0 aliphatic heterocycles. The highest BCUT2D eigenvalue weighted by Crippen LogP contribution is 2.29. The Labute approximate surface area is 238 Å². The molecule has 208 valence electrons. The SMILES string of the molecule is COc1ccc(C)cc1NS(=O)(=O)c1ccc(NC(=O)c2cc(NS(=O)(=O)c3ccc(C)cc3)ccc2Cl)cc1. The van der Waals surface area contributed by atoms with Gasteiger partial charge in [0.05, 0.1) is 33.2 Å². The summed E-state index contributed by atoms with van der Waals surface area (Å²) in [7, 11) is -6.39. The Hall–Kier alpha value is -4.06. The molecule has 0 aromatic heterocycles. The molecule has 40 heavy (non-hydrogen) atoms. The maximum atomic E-state index is 13.0. The van der Waals surface area contributed by atoms with E-state index < -0.39 is 26.0 Å². The molecule has 0 spiro atoms. The zero-order chi connectivity index (χ0) is 29.1. The molecule has 0 aliphatic carbocycles. The Morgan fingerprint density at radius 3 is 1.88 bits per heavy atom. The van der Waals surface area contributed by atoms with E-state index in [9.17, 15) is 21.6 Å². The molecule has 0 unspecified atom stereocenters. The number of sulfonamides is 2. The largest absolute Gasteiger partial charge is 0.495 e. The van der Waals surface area contributed by atoms with Gasteiger partial charge in [-0.05, 0) is 86.1 Å². The topological polar surface area (TPSA) is 131 Å². The van der Waals surface area contributed by atoms with Gasteiger partial charge in [-0.15, -0.1) is 0 Å². The average molecular weight is 600 g/mol. The van der Waals surface area contributed by atoms with Crippen molar-refractivity contribution in [2.45, 2.75) is 23.6 Å². The molecule has 0 fully saturated rings. The maximum Gasteiger partial charge on any atom is 0.262 e. The van der Waals surface area contributed by atoms with Crippen molar-refractivity contribution in [2.75, 3.05) is 21.9 Å². The van der Waals surface area contributed by atoms with E-state index in [0.717, 1.165) is 11.1 Å². The van der Waals surface area contributed by atoms with Gasteiger partial charge >= 0.3 is 0 Å². The van der Waals surface area contributed by atoms with Gasteiger partial charge in [0.15, 0.2) is 0 Å². The molecule has 0 radical (unpaired) electrons. The minimum Gasteiger partial charge on any atom is -0.495 e. The standard InChI is InChI=1S/C28H26ClN3O6S2/c1-18-4-10-22(11-5-18)39(34,35)31-21-9-14-25(29)24(17-21)28(33)30-20-7-12-23(13-8-20)40(36,37)32-26-16-19(2)6-15-27(26)38-3/h4-17,31-32H,1-3H3,(H,30,33). The molecule has 0 atom stereocenters. The molecule has 12 heteroatoms. The van der Waals surface area contributed by atoms with Crippen molar-refractivity contribution in [3.05, 3.63) is 107 Å². The highest BCUT2D eigenvalue weighted by molar-refractivity contribution is 7.93. The second-order valence-electron chi connectivity index (χ2n) is 8.90. The van der Waals surface area contributed by atoms with Crippen LogP contribution in [-0.2, 0) is 20.0 Å². The number of carbonyl (C=O) groups excluding carboxylic acids is 1. The molecule has 9 nitrogen and oxygen atoms in total. The first-order valence-corrected chi connectivity index (χ1v) is 15.2. The predicted molar refractivity (Wildman–Crippen MR) is 156 cm³/mol. The quantitative estimate of drug-likeness (QED) is 0.222. The zero-order valence-electron chi connectivity index (χ0n) is 21.7. The van der Waals surface area contributed by atoms with Crippen molar-refractivity contribution < 1.29 is 26.4 Å². The number of amides is 1. The van der Waals surface area contributed by atoms with Gasteiger partial charge in [-0.3, -0.25) is 14.2 Å². The number of hydrogen-bond donors (Lipinski definition) is 3. The summed E-state index contributed by atoms with van der Waals surface area (Å²) in [5.74, 6) is -0.238. The molecular weight excluding hydrogens is 574 g/mol. The number of halogens is 1. The van der Waals surface area contributed by atoms with Crippen LogP contribution in [-0.4, -0.2) is 29.9 Å². The van der Waals surface area contributed by atoms with E-state index >= 15 is 0 Å². The van der Waals surface area contributed by atoms with E-state index in [4.69, 9.17) is 16.3 Å². The minimum atomic E-state index is -3.94. The fourth-order valence-electron chi connectivity index (χ4n) is 3.72. The van der Waals surface area contributed by atoms with Crippen LogP contribution >= 0.6 is 11.6 Å². The van der Waals surface area contributed by atoms with Gasteiger partial charge in [-0.2, -0.15) is 0 Å². The highest BCUT2D eigenvalue weighted by Gasteiger charge is 2.19. The number of rotatable bonds is 9. The van der Waals surface area contributed by atoms with E-state index in [2.05, 4.69) is 14.8 Å². The first-order chi connectivity index (χ1) is 18.9. The van der Waals surface area contributed by atoms with Gasteiger partial charge in [0.1, 0.15) is 5.75 Å². The van der Waals surface area contributed by atoms with Gasteiger partial charge in [0.25, 0.3) is 26.0 Å². The van der Waals surface area contributed by atoms with Gasteiger partial charge in [-0.25, -0.2) is 16.8 Å². The van der Waals surface area contributed by atoms with E-state index in [1.165, 1.54) is 61.7 Å². The Morgan fingerprint density at radius 2 is 1.25 bits per heavy atom. The number of nitrogens with one attached hydrogen (secondary N) is 3. The monoisotopic (exact) mass is 599 g/mol. The molecule has 0 bridgehead atoms. The van der Waals surface area contributed by atoms with E-state index in [-0.39, 0.29) is 26.1 Å². The molecule has 0 aliphatic rings. The minimum absolute atomic E-state index is 0.0238. The van der Waals surface area contributed by atoms with Crippen LogP contribution in [0, 0.1) is 13.8 Å². The summed E-state index contributed by atoms with van der Waals surface area (Å²) >= 11 is 6.22. The molecule has 0 saturated heterocycles. The highest BCUT2D eigenvalue weighted by atomic mass is 35.5. The van der Waals surface area contributed by atoms with Crippen LogP contribution in [0.5, 0.6) is 5.75 Å². The third kappa shape index (κ3) is 6.74. The fourth-order valence-corrected chi connectivity index (χ4v) is 6.03. The third-order valence-corrected chi connectivity index (χ3v) is 8.92. The number of methoxy groups -OCH3 is 1. The summed E-state index contributed by atoms with van der Waals surface area (Å²) < 4.78 is 61.5. The van der Waals surface area contributed by atoms with Gasteiger partial charge < -0.3 is 10.1 Å². The molecule has 4 aromatic carbocycles. The molecule has 0 heterocycles.